The Kier molecular flexibility index (Phi) is 4.19. The van der Waals surface area contributed by atoms with Crippen LogP contribution in [0.25, 0.3) is 33.4 Å². The quantitative estimate of drug-likeness (QED) is 0.461. The molecule has 1 heterocycles. The van der Waals surface area contributed by atoms with E-state index in [0.29, 0.717) is 16.7 Å². The average Bonchev–Trinajstić information content (AvgIpc) is 3.12. The number of rotatable bonds is 3. The van der Waals surface area contributed by atoms with E-state index in [1.54, 1.807) is 30.3 Å². The van der Waals surface area contributed by atoms with Gasteiger partial charge < -0.3 is 9.15 Å². The van der Waals surface area contributed by atoms with Crippen LogP contribution in [-0.2, 0) is 4.74 Å². The van der Waals surface area contributed by atoms with E-state index in [4.69, 9.17) is 14.4 Å². The van der Waals surface area contributed by atoms with Crippen molar-refractivity contribution in [3.63, 3.8) is 0 Å². The zero-order chi connectivity index (χ0) is 18.8. The number of nitrogens with zero attached hydrogens (tertiary/aromatic N) is 1. The molecule has 0 bridgehead atoms. The minimum Gasteiger partial charge on any atom is -0.465 e. The van der Waals surface area contributed by atoms with Crippen molar-refractivity contribution < 1.29 is 13.9 Å². The van der Waals surface area contributed by atoms with Crippen molar-refractivity contribution in [3.8, 4) is 28.5 Å². The topological polar surface area (TPSA) is 63.2 Å². The van der Waals surface area contributed by atoms with Gasteiger partial charge in [0.05, 0.1) is 24.3 Å². The maximum absolute atomic E-state index is 12.0. The van der Waals surface area contributed by atoms with Gasteiger partial charge in [-0.1, -0.05) is 42.5 Å². The van der Waals surface area contributed by atoms with Gasteiger partial charge in [0, 0.05) is 16.5 Å². The highest BCUT2D eigenvalue weighted by Crippen LogP contribution is 2.41. The first-order valence-corrected chi connectivity index (χ1v) is 8.42. The molecule has 0 saturated carbocycles. The van der Waals surface area contributed by atoms with Crippen molar-refractivity contribution in [2.24, 2.45) is 0 Å². The lowest BCUT2D eigenvalue weighted by molar-refractivity contribution is 0.0601. The molecule has 0 unspecified atom stereocenters. The number of carbonyl (C=O) groups is 1. The third kappa shape index (κ3) is 2.96. The van der Waals surface area contributed by atoms with Gasteiger partial charge >= 0.3 is 5.97 Å². The smallest absolute Gasteiger partial charge is 0.337 e. The third-order valence-corrected chi connectivity index (χ3v) is 4.45. The summed E-state index contributed by atoms with van der Waals surface area (Å²) in [5.41, 5.74) is 4.46. The van der Waals surface area contributed by atoms with Crippen molar-refractivity contribution in [1.29, 1.82) is 5.26 Å². The average molecular weight is 353 g/mol. The van der Waals surface area contributed by atoms with Gasteiger partial charge in [-0.25, -0.2) is 4.79 Å². The maximum Gasteiger partial charge on any atom is 0.337 e. The molecule has 0 aliphatic heterocycles. The van der Waals surface area contributed by atoms with Gasteiger partial charge in [0.1, 0.15) is 11.3 Å². The number of carbonyl (C=O) groups excluding carboxylic acids is 1. The van der Waals surface area contributed by atoms with E-state index in [-0.39, 0.29) is 0 Å². The van der Waals surface area contributed by atoms with Gasteiger partial charge in [-0.15, -0.1) is 0 Å². The number of methoxy groups -OCH3 is 1. The van der Waals surface area contributed by atoms with Crippen LogP contribution in [0, 0.1) is 11.3 Å². The zero-order valence-electron chi connectivity index (χ0n) is 14.6. The number of fused-ring (bicyclic) bond motifs is 1. The summed E-state index contributed by atoms with van der Waals surface area (Å²) in [5.74, 6) is 0.322. The molecular weight excluding hydrogens is 338 g/mol. The molecule has 1 aromatic heterocycles. The molecule has 0 saturated heterocycles. The van der Waals surface area contributed by atoms with Crippen LogP contribution >= 0.6 is 0 Å². The van der Waals surface area contributed by atoms with Crippen LogP contribution in [0.15, 0.2) is 77.2 Å². The Morgan fingerprint density at radius 1 is 0.963 bits per heavy atom. The lowest BCUT2D eigenvalue weighted by Gasteiger charge is -2.05. The van der Waals surface area contributed by atoms with Crippen molar-refractivity contribution in [3.05, 3.63) is 83.9 Å². The summed E-state index contributed by atoms with van der Waals surface area (Å²) >= 11 is 0. The molecule has 4 rings (SSSR count). The number of hydrogen-bond donors (Lipinski definition) is 0. The fourth-order valence-electron chi connectivity index (χ4n) is 3.13. The number of esters is 1. The third-order valence-electron chi connectivity index (χ3n) is 4.45. The summed E-state index contributed by atoms with van der Waals surface area (Å²) in [5, 5.41) is 9.89. The number of hydrogen-bond acceptors (Lipinski definition) is 4. The summed E-state index contributed by atoms with van der Waals surface area (Å²) in [4.78, 5) is 12.0. The van der Waals surface area contributed by atoms with Crippen LogP contribution in [0.2, 0.25) is 0 Å². The highest BCUT2D eigenvalue weighted by molar-refractivity contribution is 6.04. The molecule has 0 N–H and O–H groups in total. The molecule has 4 heteroatoms. The fourth-order valence-corrected chi connectivity index (χ4v) is 3.13. The Morgan fingerprint density at radius 2 is 1.70 bits per heavy atom. The second kappa shape index (κ2) is 6.81. The zero-order valence-corrected chi connectivity index (χ0v) is 14.6. The molecule has 0 amide bonds. The first-order valence-electron chi connectivity index (χ1n) is 8.42. The molecule has 0 radical (unpaired) electrons. The molecule has 4 aromatic rings. The molecule has 0 aliphatic rings. The molecule has 3 aromatic carbocycles. The van der Waals surface area contributed by atoms with E-state index in [1.807, 2.05) is 42.5 Å². The van der Waals surface area contributed by atoms with E-state index in [2.05, 4.69) is 6.07 Å². The molecule has 0 atom stereocenters. The molecule has 130 valence electrons. The van der Waals surface area contributed by atoms with Gasteiger partial charge in [0.15, 0.2) is 0 Å². The first-order chi connectivity index (χ1) is 13.2. The first kappa shape index (κ1) is 16.6. The van der Waals surface area contributed by atoms with Crippen LogP contribution in [-0.4, -0.2) is 13.1 Å². The number of nitriles is 1. The van der Waals surface area contributed by atoms with Crippen molar-refractivity contribution in [2.75, 3.05) is 7.11 Å². The molecule has 0 spiro atoms. The number of furan rings is 1. The molecular formula is C23H15NO3. The summed E-state index contributed by atoms with van der Waals surface area (Å²) in [7, 11) is 1.36. The minimum absolute atomic E-state index is 0.398. The van der Waals surface area contributed by atoms with Gasteiger partial charge in [0.25, 0.3) is 0 Å². The summed E-state index contributed by atoms with van der Waals surface area (Å²) in [6.07, 6.45) is 0. The monoisotopic (exact) mass is 353 g/mol. The van der Waals surface area contributed by atoms with Crippen molar-refractivity contribution >= 4 is 16.9 Å². The summed E-state index contributed by atoms with van der Waals surface area (Å²) in [6.45, 7) is 0. The highest BCUT2D eigenvalue weighted by atomic mass is 16.5. The summed E-state index contributed by atoms with van der Waals surface area (Å²) < 4.78 is 11.0. The van der Waals surface area contributed by atoms with E-state index in [9.17, 15) is 4.79 Å². The van der Waals surface area contributed by atoms with E-state index >= 15 is 0 Å². The lowest BCUT2D eigenvalue weighted by Crippen LogP contribution is -2.00. The Labute approximate surface area is 156 Å². The van der Waals surface area contributed by atoms with Gasteiger partial charge in [-0.05, 0) is 35.9 Å². The largest absolute Gasteiger partial charge is 0.465 e. The van der Waals surface area contributed by atoms with Gasteiger partial charge in [-0.3, -0.25) is 0 Å². The Hall–Kier alpha value is -3.84. The van der Waals surface area contributed by atoms with Gasteiger partial charge in [-0.2, -0.15) is 5.26 Å². The maximum atomic E-state index is 12.0. The Balaban J connectivity index is 2.01. The van der Waals surface area contributed by atoms with Crippen molar-refractivity contribution in [1.82, 2.24) is 0 Å². The minimum atomic E-state index is -0.398. The Morgan fingerprint density at radius 3 is 2.37 bits per heavy atom. The van der Waals surface area contributed by atoms with Crippen LogP contribution in [0.1, 0.15) is 15.9 Å². The second-order valence-electron chi connectivity index (χ2n) is 6.06. The normalized spacial score (nSPS) is 10.5. The van der Waals surface area contributed by atoms with E-state index in [0.717, 1.165) is 27.8 Å². The molecule has 0 fully saturated rings. The van der Waals surface area contributed by atoms with E-state index < -0.39 is 5.97 Å². The number of ether oxygens (including phenoxy) is 1. The highest BCUT2D eigenvalue weighted by Gasteiger charge is 2.19. The van der Waals surface area contributed by atoms with E-state index in [1.165, 1.54) is 7.11 Å². The summed E-state index contributed by atoms with van der Waals surface area (Å²) in [6, 6.07) is 24.5. The second-order valence-corrected chi connectivity index (χ2v) is 6.06. The van der Waals surface area contributed by atoms with Crippen LogP contribution in [0.4, 0.5) is 0 Å². The fraction of sp³-hybridized carbons (Fsp3) is 0.0435. The standard InChI is InChI=1S/C23H15NO3/c1-26-23(25)18-11-12-20-19(13-18)21(16-9-7-15(14-24)8-10-16)22(27-20)17-5-3-2-4-6-17/h2-13H,1H3. The van der Waals surface area contributed by atoms with Crippen LogP contribution < -0.4 is 0 Å². The lowest BCUT2D eigenvalue weighted by atomic mass is 9.97. The number of benzene rings is 3. The SMILES string of the molecule is COC(=O)c1ccc2oc(-c3ccccc3)c(-c3ccc(C#N)cc3)c2c1. The van der Waals surface area contributed by atoms with Crippen molar-refractivity contribution in [2.45, 2.75) is 0 Å². The molecule has 0 aliphatic carbocycles. The molecule has 27 heavy (non-hydrogen) atoms. The predicted molar refractivity (Wildman–Crippen MR) is 103 cm³/mol. The van der Waals surface area contributed by atoms with Gasteiger partial charge in [0.2, 0.25) is 0 Å². The Bertz CT molecular complexity index is 1170. The molecule has 4 nitrogen and oxygen atoms in total. The van der Waals surface area contributed by atoms with Crippen LogP contribution in [0.5, 0.6) is 0 Å². The predicted octanol–water partition coefficient (Wildman–Crippen LogP) is 5.43. The van der Waals surface area contributed by atoms with Crippen LogP contribution in [0.3, 0.4) is 0 Å².